The van der Waals surface area contributed by atoms with Gasteiger partial charge in [0, 0.05) is 25.5 Å². The van der Waals surface area contributed by atoms with Gasteiger partial charge in [-0.3, -0.25) is 4.98 Å². The molecule has 0 spiro atoms. The third-order valence-corrected chi connectivity index (χ3v) is 2.75. The van der Waals surface area contributed by atoms with E-state index in [-0.39, 0.29) is 0 Å². The number of methoxy groups -OCH3 is 1. The number of benzene rings is 1. The predicted molar refractivity (Wildman–Crippen MR) is 72.5 cm³/mol. The van der Waals surface area contributed by atoms with E-state index in [1.54, 1.807) is 7.11 Å². The average Bonchev–Trinajstić information content (AvgIpc) is 2.40. The first-order valence-corrected chi connectivity index (χ1v) is 6.02. The van der Waals surface area contributed by atoms with Crippen LogP contribution >= 0.6 is 0 Å². The minimum atomic E-state index is 0.834. The molecule has 2 aromatic rings. The highest BCUT2D eigenvalue weighted by Gasteiger charge is 1.96. The predicted octanol–water partition coefficient (Wildman–Crippen LogP) is 2.69. The van der Waals surface area contributed by atoms with Crippen LogP contribution in [0.3, 0.4) is 0 Å². The summed E-state index contributed by atoms with van der Waals surface area (Å²) in [6.07, 6.45) is 3.76. The van der Waals surface area contributed by atoms with Gasteiger partial charge in [-0.25, -0.2) is 0 Å². The Bertz CT molecular complexity index is 494. The van der Waals surface area contributed by atoms with Crippen LogP contribution in [0.25, 0.3) is 0 Å². The molecular formula is C15H18N2O. The largest absolute Gasteiger partial charge is 0.497 e. The summed E-state index contributed by atoms with van der Waals surface area (Å²) in [6, 6.07) is 10.2. The molecule has 1 aromatic carbocycles. The highest BCUT2D eigenvalue weighted by Crippen LogP contribution is 2.11. The summed E-state index contributed by atoms with van der Waals surface area (Å²) in [5, 5.41) is 3.40. The van der Waals surface area contributed by atoms with Gasteiger partial charge >= 0.3 is 0 Å². The summed E-state index contributed by atoms with van der Waals surface area (Å²) in [5.74, 6) is 0.890. The first-order valence-electron chi connectivity index (χ1n) is 6.02. The minimum Gasteiger partial charge on any atom is -0.497 e. The van der Waals surface area contributed by atoms with Crippen LogP contribution in [0, 0.1) is 6.92 Å². The van der Waals surface area contributed by atoms with Crippen LogP contribution in [0.15, 0.2) is 42.7 Å². The van der Waals surface area contributed by atoms with E-state index in [0.717, 1.165) is 18.8 Å². The van der Waals surface area contributed by atoms with Crippen molar-refractivity contribution in [3.63, 3.8) is 0 Å². The van der Waals surface area contributed by atoms with Gasteiger partial charge in [0.05, 0.1) is 7.11 Å². The monoisotopic (exact) mass is 242 g/mol. The third kappa shape index (κ3) is 3.57. The van der Waals surface area contributed by atoms with Crippen molar-refractivity contribution in [3.05, 3.63) is 59.4 Å². The summed E-state index contributed by atoms with van der Waals surface area (Å²) in [5.41, 5.74) is 3.65. The van der Waals surface area contributed by atoms with Gasteiger partial charge in [0.25, 0.3) is 0 Å². The van der Waals surface area contributed by atoms with E-state index < -0.39 is 0 Å². The van der Waals surface area contributed by atoms with Crippen LogP contribution < -0.4 is 10.1 Å². The standard InChI is InChI=1S/C15H18N2O/c1-12-7-14(10-16-8-12)11-17-9-13-3-5-15(18-2)6-4-13/h3-8,10,17H,9,11H2,1-2H3. The van der Waals surface area contributed by atoms with Gasteiger partial charge in [-0.05, 0) is 35.7 Å². The first kappa shape index (κ1) is 12.6. The zero-order chi connectivity index (χ0) is 12.8. The summed E-state index contributed by atoms with van der Waals surface area (Å²) < 4.78 is 5.13. The van der Waals surface area contributed by atoms with Crippen LogP contribution in [0.1, 0.15) is 16.7 Å². The minimum absolute atomic E-state index is 0.834. The Morgan fingerprint density at radius 2 is 1.78 bits per heavy atom. The second-order valence-corrected chi connectivity index (χ2v) is 4.32. The first-order chi connectivity index (χ1) is 8.78. The smallest absolute Gasteiger partial charge is 0.118 e. The summed E-state index contributed by atoms with van der Waals surface area (Å²) in [6.45, 7) is 3.73. The van der Waals surface area contributed by atoms with Crippen molar-refractivity contribution in [2.75, 3.05) is 7.11 Å². The maximum Gasteiger partial charge on any atom is 0.118 e. The number of aromatic nitrogens is 1. The molecule has 0 unspecified atom stereocenters. The van der Waals surface area contributed by atoms with Crippen molar-refractivity contribution in [3.8, 4) is 5.75 Å². The van der Waals surface area contributed by atoms with Crippen LogP contribution in [0.4, 0.5) is 0 Å². The fourth-order valence-electron chi connectivity index (χ4n) is 1.81. The van der Waals surface area contributed by atoms with E-state index in [1.807, 2.05) is 24.5 Å². The molecule has 0 aliphatic carbocycles. The molecule has 0 fully saturated rings. The molecule has 1 N–H and O–H groups in total. The SMILES string of the molecule is COc1ccc(CNCc2cncc(C)c2)cc1. The van der Waals surface area contributed by atoms with Crippen molar-refractivity contribution >= 4 is 0 Å². The summed E-state index contributed by atoms with van der Waals surface area (Å²) >= 11 is 0. The highest BCUT2D eigenvalue weighted by molar-refractivity contribution is 5.27. The Labute approximate surface area is 108 Å². The molecule has 0 saturated carbocycles. The van der Waals surface area contributed by atoms with Crippen molar-refractivity contribution < 1.29 is 4.74 Å². The Balaban J connectivity index is 1.84. The van der Waals surface area contributed by atoms with Crippen LogP contribution in [-0.2, 0) is 13.1 Å². The molecule has 1 aromatic heterocycles. The van der Waals surface area contributed by atoms with Crippen molar-refractivity contribution in [1.82, 2.24) is 10.3 Å². The van der Waals surface area contributed by atoms with Gasteiger partial charge < -0.3 is 10.1 Å². The van der Waals surface area contributed by atoms with Gasteiger partial charge in [-0.15, -0.1) is 0 Å². The molecule has 18 heavy (non-hydrogen) atoms. The molecule has 0 saturated heterocycles. The lowest BCUT2D eigenvalue weighted by atomic mass is 10.2. The number of ether oxygens (including phenoxy) is 1. The van der Waals surface area contributed by atoms with Crippen LogP contribution in [-0.4, -0.2) is 12.1 Å². The Morgan fingerprint density at radius 3 is 2.44 bits per heavy atom. The molecule has 1 heterocycles. The second kappa shape index (κ2) is 6.17. The van der Waals surface area contributed by atoms with E-state index in [1.165, 1.54) is 16.7 Å². The normalized spacial score (nSPS) is 10.3. The molecule has 3 nitrogen and oxygen atoms in total. The van der Waals surface area contributed by atoms with Crippen molar-refractivity contribution in [1.29, 1.82) is 0 Å². The lowest BCUT2D eigenvalue weighted by Crippen LogP contribution is -2.12. The van der Waals surface area contributed by atoms with E-state index in [2.05, 4.69) is 35.4 Å². The maximum absolute atomic E-state index is 5.13. The van der Waals surface area contributed by atoms with Gasteiger partial charge in [-0.1, -0.05) is 18.2 Å². The molecule has 0 atom stereocenters. The third-order valence-electron chi connectivity index (χ3n) is 2.75. The average molecular weight is 242 g/mol. The lowest BCUT2D eigenvalue weighted by molar-refractivity contribution is 0.414. The topological polar surface area (TPSA) is 34.1 Å². The Morgan fingerprint density at radius 1 is 1.06 bits per heavy atom. The highest BCUT2D eigenvalue weighted by atomic mass is 16.5. The molecule has 0 amide bonds. The fraction of sp³-hybridized carbons (Fsp3) is 0.267. The fourth-order valence-corrected chi connectivity index (χ4v) is 1.81. The Kier molecular flexibility index (Phi) is 4.31. The molecule has 0 bridgehead atoms. The number of hydrogen-bond acceptors (Lipinski definition) is 3. The number of hydrogen-bond donors (Lipinski definition) is 1. The molecule has 2 rings (SSSR count). The lowest BCUT2D eigenvalue weighted by Gasteiger charge is -2.06. The van der Waals surface area contributed by atoms with E-state index in [0.29, 0.717) is 0 Å². The number of nitrogens with zero attached hydrogens (tertiary/aromatic N) is 1. The van der Waals surface area contributed by atoms with Gasteiger partial charge in [0.1, 0.15) is 5.75 Å². The summed E-state index contributed by atoms with van der Waals surface area (Å²) in [4.78, 5) is 4.18. The van der Waals surface area contributed by atoms with E-state index in [9.17, 15) is 0 Å². The van der Waals surface area contributed by atoms with Gasteiger partial charge in [0.2, 0.25) is 0 Å². The van der Waals surface area contributed by atoms with Crippen LogP contribution in [0.2, 0.25) is 0 Å². The molecule has 0 aliphatic heterocycles. The van der Waals surface area contributed by atoms with Crippen molar-refractivity contribution in [2.24, 2.45) is 0 Å². The van der Waals surface area contributed by atoms with E-state index in [4.69, 9.17) is 4.74 Å². The number of aryl methyl sites for hydroxylation is 1. The zero-order valence-electron chi connectivity index (χ0n) is 10.8. The number of pyridine rings is 1. The number of rotatable bonds is 5. The van der Waals surface area contributed by atoms with E-state index >= 15 is 0 Å². The molecule has 0 radical (unpaired) electrons. The molecule has 0 aliphatic rings. The van der Waals surface area contributed by atoms with Crippen LogP contribution in [0.5, 0.6) is 5.75 Å². The van der Waals surface area contributed by atoms with Gasteiger partial charge in [-0.2, -0.15) is 0 Å². The molecule has 94 valence electrons. The molecule has 3 heteroatoms. The zero-order valence-corrected chi connectivity index (χ0v) is 10.8. The number of nitrogens with one attached hydrogen (secondary N) is 1. The second-order valence-electron chi connectivity index (χ2n) is 4.32. The quantitative estimate of drug-likeness (QED) is 0.875. The maximum atomic E-state index is 5.13. The molecular weight excluding hydrogens is 224 g/mol. The Hall–Kier alpha value is -1.87. The van der Waals surface area contributed by atoms with Gasteiger partial charge in [0.15, 0.2) is 0 Å². The summed E-state index contributed by atoms with van der Waals surface area (Å²) in [7, 11) is 1.68. The van der Waals surface area contributed by atoms with Crippen molar-refractivity contribution in [2.45, 2.75) is 20.0 Å².